The number of nitrogens with one attached hydrogen (secondary N) is 3. The van der Waals surface area contributed by atoms with Crippen LogP contribution in [0.4, 0.5) is 11.7 Å². The summed E-state index contributed by atoms with van der Waals surface area (Å²) in [6.45, 7) is 6.06. The molecule has 1 fully saturated rings. The van der Waals surface area contributed by atoms with Gasteiger partial charge in [0, 0.05) is 41.6 Å². The molecule has 1 saturated heterocycles. The van der Waals surface area contributed by atoms with Crippen LogP contribution >= 0.6 is 11.6 Å². The Morgan fingerprint density at radius 3 is 2.58 bits per heavy atom. The average molecular weight is 557 g/mol. The number of guanidine groups is 1. The van der Waals surface area contributed by atoms with Gasteiger partial charge >= 0.3 is 6.01 Å². The first-order chi connectivity index (χ1) is 19.5. The Hall–Kier alpha value is -4.18. The van der Waals surface area contributed by atoms with Crippen molar-refractivity contribution in [3.05, 3.63) is 100 Å². The Bertz CT molecular complexity index is 1560. The standard InChI is InChI=1S/C30H29ClN6O3/c1-19-26(28(38)33-21-12-10-20(11-13-21)18-37-14-16-39-17-15-37)27(22-6-2-3-7-23(22)31)35-29(32-19)36-30-34-24-8-4-5-9-25(24)40-30/h2-13,27H,14-18H2,1H3,(H,33,38)(H2,32,34,35,36). The van der Waals surface area contributed by atoms with Crippen molar-refractivity contribution in [3.8, 4) is 0 Å². The molecule has 4 aromatic rings. The zero-order valence-electron chi connectivity index (χ0n) is 22.0. The predicted molar refractivity (Wildman–Crippen MR) is 156 cm³/mol. The van der Waals surface area contributed by atoms with Gasteiger partial charge in [-0.15, -0.1) is 0 Å². The lowest BCUT2D eigenvalue weighted by Gasteiger charge is -2.27. The number of hydrogen-bond acceptors (Lipinski definition) is 8. The number of oxazole rings is 1. The van der Waals surface area contributed by atoms with E-state index < -0.39 is 6.04 Å². The summed E-state index contributed by atoms with van der Waals surface area (Å²) in [5.74, 6) is 0.138. The molecule has 6 rings (SSSR count). The third-order valence-corrected chi connectivity index (χ3v) is 7.27. The summed E-state index contributed by atoms with van der Waals surface area (Å²) in [7, 11) is 0. The van der Waals surface area contributed by atoms with E-state index in [0.29, 0.717) is 45.1 Å². The lowest BCUT2D eigenvalue weighted by molar-refractivity contribution is -0.113. The van der Waals surface area contributed by atoms with E-state index in [4.69, 9.17) is 25.7 Å². The lowest BCUT2D eigenvalue weighted by Crippen LogP contribution is -2.37. The fraction of sp³-hybridized carbons (Fsp3) is 0.233. The molecule has 1 atom stereocenters. The molecule has 0 spiro atoms. The van der Waals surface area contributed by atoms with Crippen molar-refractivity contribution in [2.24, 2.45) is 4.99 Å². The Kier molecular flexibility index (Phi) is 7.50. The van der Waals surface area contributed by atoms with E-state index >= 15 is 0 Å². The normalized spacial score (nSPS) is 17.9. The topological polar surface area (TPSA) is 104 Å². The first kappa shape index (κ1) is 26.1. The number of amides is 1. The van der Waals surface area contributed by atoms with Crippen LogP contribution in [0.1, 0.15) is 24.1 Å². The van der Waals surface area contributed by atoms with Crippen molar-refractivity contribution < 1.29 is 13.9 Å². The zero-order valence-corrected chi connectivity index (χ0v) is 22.7. The van der Waals surface area contributed by atoms with Gasteiger partial charge < -0.3 is 19.8 Å². The highest BCUT2D eigenvalue weighted by molar-refractivity contribution is 6.31. The summed E-state index contributed by atoms with van der Waals surface area (Å²) < 4.78 is 11.2. The number of ether oxygens (including phenoxy) is 1. The summed E-state index contributed by atoms with van der Waals surface area (Å²) in [5, 5.41) is 9.87. The number of aromatic nitrogens is 1. The van der Waals surface area contributed by atoms with Gasteiger partial charge in [-0.3, -0.25) is 15.0 Å². The van der Waals surface area contributed by atoms with E-state index in [1.165, 1.54) is 5.56 Å². The Morgan fingerprint density at radius 1 is 1.05 bits per heavy atom. The Morgan fingerprint density at radius 2 is 1.80 bits per heavy atom. The summed E-state index contributed by atoms with van der Waals surface area (Å²) >= 11 is 6.59. The molecule has 2 aliphatic rings. The third-order valence-electron chi connectivity index (χ3n) is 6.93. The van der Waals surface area contributed by atoms with Crippen LogP contribution < -0.4 is 16.0 Å². The maximum Gasteiger partial charge on any atom is 0.302 e. The number of para-hydroxylation sites is 2. The Labute approximate surface area is 236 Å². The van der Waals surface area contributed by atoms with Crippen LogP contribution in [0.15, 0.2) is 93.5 Å². The molecule has 0 aliphatic carbocycles. The Balaban J connectivity index is 1.23. The summed E-state index contributed by atoms with van der Waals surface area (Å²) in [5.41, 5.74) is 5.09. The number of allylic oxidation sites excluding steroid dienone is 1. The zero-order chi connectivity index (χ0) is 27.5. The van der Waals surface area contributed by atoms with Crippen LogP contribution in [-0.4, -0.2) is 48.1 Å². The minimum Gasteiger partial charge on any atom is -0.423 e. The van der Waals surface area contributed by atoms with Crippen LogP contribution in [0.2, 0.25) is 5.02 Å². The molecule has 9 nitrogen and oxygen atoms in total. The molecular formula is C30H29ClN6O3. The second-order valence-electron chi connectivity index (χ2n) is 9.72. The number of fused-ring (bicyclic) bond motifs is 1. The molecule has 40 heavy (non-hydrogen) atoms. The largest absolute Gasteiger partial charge is 0.423 e. The van der Waals surface area contributed by atoms with Gasteiger partial charge in [0.1, 0.15) is 11.6 Å². The first-order valence-electron chi connectivity index (χ1n) is 13.2. The fourth-order valence-corrected chi connectivity index (χ4v) is 5.13. The first-order valence-corrected chi connectivity index (χ1v) is 13.5. The summed E-state index contributed by atoms with van der Waals surface area (Å²) in [4.78, 5) is 25.3. The van der Waals surface area contributed by atoms with Crippen LogP contribution in [0.3, 0.4) is 0 Å². The molecule has 0 radical (unpaired) electrons. The molecule has 2 aliphatic heterocycles. The molecule has 1 amide bonds. The maximum absolute atomic E-state index is 13.7. The van der Waals surface area contributed by atoms with Crippen LogP contribution in [0.25, 0.3) is 11.1 Å². The number of morpholine rings is 1. The number of halogens is 1. The SMILES string of the molecule is CC1=C(C(=O)Nc2ccc(CN3CCOCC3)cc2)C(c2ccccc2Cl)N=C(Nc2nc3ccccc3o2)N1. The van der Waals surface area contributed by atoms with Crippen molar-refractivity contribution >= 4 is 46.3 Å². The second-order valence-corrected chi connectivity index (χ2v) is 10.1. The van der Waals surface area contributed by atoms with Gasteiger partial charge in [-0.2, -0.15) is 4.98 Å². The van der Waals surface area contributed by atoms with Crippen molar-refractivity contribution in [3.63, 3.8) is 0 Å². The van der Waals surface area contributed by atoms with Gasteiger partial charge in [-0.25, -0.2) is 4.99 Å². The van der Waals surface area contributed by atoms with Gasteiger partial charge in [0.2, 0.25) is 5.96 Å². The van der Waals surface area contributed by atoms with E-state index in [9.17, 15) is 4.79 Å². The highest BCUT2D eigenvalue weighted by atomic mass is 35.5. The molecule has 3 heterocycles. The van der Waals surface area contributed by atoms with Gasteiger partial charge in [0.05, 0.1) is 18.8 Å². The van der Waals surface area contributed by atoms with E-state index in [2.05, 4.69) is 25.8 Å². The van der Waals surface area contributed by atoms with Gasteiger partial charge in [0.25, 0.3) is 5.91 Å². The number of anilines is 2. The molecule has 1 aromatic heterocycles. The van der Waals surface area contributed by atoms with Crippen molar-refractivity contribution in [1.29, 1.82) is 0 Å². The minimum absolute atomic E-state index is 0.263. The summed E-state index contributed by atoms with van der Waals surface area (Å²) in [6, 6.07) is 22.5. The van der Waals surface area contributed by atoms with Crippen LogP contribution in [0, 0.1) is 0 Å². The van der Waals surface area contributed by atoms with E-state index in [1.54, 1.807) is 6.07 Å². The lowest BCUT2D eigenvalue weighted by atomic mass is 9.95. The number of aliphatic imine (C=N–C) groups is 1. The van der Waals surface area contributed by atoms with Gasteiger partial charge in [0.15, 0.2) is 5.58 Å². The average Bonchev–Trinajstić information content (AvgIpc) is 3.37. The summed E-state index contributed by atoms with van der Waals surface area (Å²) in [6.07, 6.45) is 0. The molecule has 0 saturated carbocycles. The fourth-order valence-electron chi connectivity index (χ4n) is 4.89. The number of benzene rings is 3. The molecule has 3 aromatic carbocycles. The van der Waals surface area contributed by atoms with Crippen LogP contribution in [0.5, 0.6) is 0 Å². The van der Waals surface area contributed by atoms with Crippen molar-refractivity contribution in [1.82, 2.24) is 15.2 Å². The van der Waals surface area contributed by atoms with Crippen molar-refractivity contribution in [2.75, 3.05) is 36.9 Å². The molecule has 10 heteroatoms. The highest BCUT2D eigenvalue weighted by Gasteiger charge is 2.31. The molecule has 204 valence electrons. The van der Waals surface area contributed by atoms with Crippen LogP contribution in [-0.2, 0) is 16.1 Å². The maximum atomic E-state index is 13.7. The molecule has 0 bridgehead atoms. The number of nitrogens with zero attached hydrogens (tertiary/aromatic N) is 3. The number of carbonyl (C=O) groups excluding carboxylic acids is 1. The predicted octanol–water partition coefficient (Wildman–Crippen LogP) is 5.34. The molecular weight excluding hydrogens is 528 g/mol. The van der Waals surface area contributed by atoms with Crippen molar-refractivity contribution in [2.45, 2.75) is 19.5 Å². The minimum atomic E-state index is -0.651. The van der Waals surface area contributed by atoms with E-state index in [-0.39, 0.29) is 5.91 Å². The van der Waals surface area contributed by atoms with Gasteiger partial charge in [-0.1, -0.05) is 54.1 Å². The smallest absolute Gasteiger partial charge is 0.302 e. The molecule has 3 N–H and O–H groups in total. The number of hydrogen-bond donors (Lipinski definition) is 3. The molecule has 1 unspecified atom stereocenters. The number of rotatable bonds is 6. The quantitative estimate of drug-likeness (QED) is 0.294. The highest BCUT2D eigenvalue weighted by Crippen LogP contribution is 2.35. The van der Waals surface area contributed by atoms with Gasteiger partial charge in [-0.05, 0) is 42.8 Å². The number of carbonyl (C=O) groups is 1. The monoisotopic (exact) mass is 556 g/mol. The third kappa shape index (κ3) is 5.72. The van der Waals surface area contributed by atoms with E-state index in [1.807, 2.05) is 73.7 Å². The second kappa shape index (κ2) is 11.5. The van der Waals surface area contributed by atoms with E-state index in [0.717, 1.165) is 38.4 Å².